The standard InChI is InChI=1S/C19H26O3/c20-18(16-10-6-3-1-2-4-7-11-16)14-15-19(21)22-17-12-8-5-9-13-17/h5,8-9,12-13,16H,1-4,6-7,10-11,14-15H2. The summed E-state index contributed by atoms with van der Waals surface area (Å²) in [6.07, 6.45) is 9.84. The van der Waals surface area contributed by atoms with E-state index in [1.54, 1.807) is 12.1 Å². The second-order valence-corrected chi connectivity index (χ2v) is 6.15. The second kappa shape index (κ2) is 9.39. The highest BCUT2D eigenvalue weighted by atomic mass is 16.5. The lowest BCUT2D eigenvalue weighted by Gasteiger charge is -2.14. The number of carbonyl (C=O) groups excluding carboxylic acids is 2. The van der Waals surface area contributed by atoms with Crippen molar-refractivity contribution in [2.24, 2.45) is 5.92 Å². The van der Waals surface area contributed by atoms with Gasteiger partial charge in [-0.1, -0.05) is 56.7 Å². The fourth-order valence-corrected chi connectivity index (χ4v) is 3.06. The molecule has 1 aromatic carbocycles. The molecule has 3 heteroatoms. The molecule has 0 amide bonds. The van der Waals surface area contributed by atoms with Gasteiger partial charge in [-0.15, -0.1) is 0 Å². The van der Waals surface area contributed by atoms with E-state index in [2.05, 4.69) is 0 Å². The van der Waals surface area contributed by atoms with Gasteiger partial charge < -0.3 is 4.74 Å². The van der Waals surface area contributed by atoms with Crippen molar-refractivity contribution < 1.29 is 14.3 Å². The van der Waals surface area contributed by atoms with Crippen LogP contribution in [0.25, 0.3) is 0 Å². The van der Waals surface area contributed by atoms with Gasteiger partial charge in [-0.3, -0.25) is 9.59 Å². The van der Waals surface area contributed by atoms with Gasteiger partial charge in [0.15, 0.2) is 0 Å². The van der Waals surface area contributed by atoms with Crippen LogP contribution in [-0.4, -0.2) is 11.8 Å². The Balaban J connectivity index is 1.74. The molecule has 2 rings (SSSR count). The van der Waals surface area contributed by atoms with Crippen LogP contribution in [0.15, 0.2) is 30.3 Å². The summed E-state index contributed by atoms with van der Waals surface area (Å²) in [6.45, 7) is 0. The lowest BCUT2D eigenvalue weighted by molar-refractivity contribution is -0.136. The summed E-state index contributed by atoms with van der Waals surface area (Å²) >= 11 is 0. The Labute approximate surface area is 133 Å². The molecule has 0 unspecified atom stereocenters. The minimum atomic E-state index is -0.317. The number of rotatable bonds is 5. The fraction of sp³-hybridized carbons (Fsp3) is 0.579. The van der Waals surface area contributed by atoms with Crippen LogP contribution in [0.1, 0.15) is 64.2 Å². The van der Waals surface area contributed by atoms with Crippen LogP contribution in [-0.2, 0) is 9.59 Å². The van der Waals surface area contributed by atoms with Crippen LogP contribution in [0.2, 0.25) is 0 Å². The Hall–Kier alpha value is -1.64. The van der Waals surface area contributed by atoms with E-state index in [0.29, 0.717) is 12.2 Å². The number of ketones is 1. The van der Waals surface area contributed by atoms with E-state index in [-0.39, 0.29) is 24.1 Å². The van der Waals surface area contributed by atoms with Crippen molar-refractivity contribution in [2.75, 3.05) is 0 Å². The topological polar surface area (TPSA) is 43.4 Å². The predicted molar refractivity (Wildman–Crippen MR) is 86.7 cm³/mol. The maximum Gasteiger partial charge on any atom is 0.311 e. The van der Waals surface area contributed by atoms with Crippen molar-refractivity contribution in [3.63, 3.8) is 0 Å². The van der Waals surface area contributed by atoms with E-state index in [1.807, 2.05) is 18.2 Å². The van der Waals surface area contributed by atoms with Gasteiger partial charge in [0, 0.05) is 12.3 Å². The van der Waals surface area contributed by atoms with Gasteiger partial charge in [0.1, 0.15) is 11.5 Å². The molecule has 0 N–H and O–H groups in total. The zero-order chi connectivity index (χ0) is 15.6. The van der Waals surface area contributed by atoms with Crippen LogP contribution < -0.4 is 4.74 Å². The van der Waals surface area contributed by atoms with E-state index >= 15 is 0 Å². The molecule has 0 atom stereocenters. The zero-order valence-corrected chi connectivity index (χ0v) is 13.3. The van der Waals surface area contributed by atoms with Crippen LogP contribution in [0.5, 0.6) is 5.75 Å². The maximum atomic E-state index is 12.3. The first-order valence-corrected chi connectivity index (χ1v) is 8.54. The molecule has 0 aromatic heterocycles. The summed E-state index contributed by atoms with van der Waals surface area (Å²) in [5, 5.41) is 0. The molecule has 1 fully saturated rings. The molecular formula is C19H26O3. The number of benzene rings is 1. The summed E-state index contributed by atoms with van der Waals surface area (Å²) in [5.74, 6) is 0.625. The Kier molecular flexibility index (Phi) is 7.14. The maximum absolute atomic E-state index is 12.3. The number of carbonyl (C=O) groups is 2. The van der Waals surface area contributed by atoms with Crippen LogP contribution in [0, 0.1) is 5.92 Å². The molecule has 0 bridgehead atoms. The fourth-order valence-electron chi connectivity index (χ4n) is 3.06. The Bertz CT molecular complexity index is 457. The minimum Gasteiger partial charge on any atom is -0.427 e. The van der Waals surface area contributed by atoms with E-state index < -0.39 is 0 Å². The SMILES string of the molecule is O=C(CCC(=O)C1CCCCCCCC1)Oc1ccccc1. The highest BCUT2D eigenvalue weighted by Gasteiger charge is 2.20. The molecule has 1 aromatic rings. The predicted octanol–water partition coefficient (Wildman–Crippen LogP) is 4.69. The smallest absolute Gasteiger partial charge is 0.311 e. The summed E-state index contributed by atoms with van der Waals surface area (Å²) in [6, 6.07) is 9.02. The molecule has 3 nitrogen and oxygen atoms in total. The summed E-state index contributed by atoms with van der Waals surface area (Å²) in [7, 11) is 0. The minimum absolute atomic E-state index is 0.155. The van der Waals surface area contributed by atoms with Crippen LogP contribution in [0.4, 0.5) is 0 Å². The van der Waals surface area contributed by atoms with Crippen LogP contribution >= 0.6 is 0 Å². The van der Waals surface area contributed by atoms with Crippen molar-refractivity contribution in [3.8, 4) is 5.75 Å². The van der Waals surface area contributed by atoms with Gasteiger partial charge in [-0.25, -0.2) is 0 Å². The molecule has 0 spiro atoms. The lowest BCUT2D eigenvalue weighted by atomic mass is 9.90. The van der Waals surface area contributed by atoms with Gasteiger partial charge in [-0.05, 0) is 25.0 Å². The third kappa shape index (κ3) is 6.00. The summed E-state index contributed by atoms with van der Waals surface area (Å²) in [4.78, 5) is 24.1. The normalized spacial score (nSPS) is 17.1. The average molecular weight is 302 g/mol. The van der Waals surface area contributed by atoms with Gasteiger partial charge in [0.2, 0.25) is 0 Å². The first-order valence-electron chi connectivity index (χ1n) is 8.54. The third-order valence-corrected chi connectivity index (χ3v) is 4.36. The van der Waals surface area contributed by atoms with Gasteiger partial charge >= 0.3 is 5.97 Å². The van der Waals surface area contributed by atoms with Gasteiger partial charge in [0.25, 0.3) is 0 Å². The number of hydrogen-bond acceptors (Lipinski definition) is 3. The molecule has 0 heterocycles. The molecule has 0 saturated heterocycles. The van der Waals surface area contributed by atoms with Crippen molar-refractivity contribution in [2.45, 2.75) is 64.2 Å². The second-order valence-electron chi connectivity index (χ2n) is 6.15. The van der Waals surface area contributed by atoms with Crippen molar-refractivity contribution >= 4 is 11.8 Å². The largest absolute Gasteiger partial charge is 0.427 e. The highest BCUT2D eigenvalue weighted by Crippen LogP contribution is 2.24. The summed E-state index contributed by atoms with van der Waals surface area (Å²) < 4.78 is 5.23. The Morgan fingerprint density at radius 1 is 0.864 bits per heavy atom. The van der Waals surface area contributed by atoms with Crippen molar-refractivity contribution in [1.82, 2.24) is 0 Å². The molecule has 0 radical (unpaired) electrons. The molecule has 1 saturated carbocycles. The zero-order valence-electron chi connectivity index (χ0n) is 13.3. The number of Topliss-reactive ketones (excluding diaryl/α,β-unsaturated/α-hetero) is 1. The van der Waals surface area contributed by atoms with E-state index in [0.717, 1.165) is 25.7 Å². The number of ether oxygens (including phenoxy) is 1. The first kappa shape index (κ1) is 16.7. The van der Waals surface area contributed by atoms with Crippen LogP contribution in [0.3, 0.4) is 0 Å². The number of hydrogen-bond donors (Lipinski definition) is 0. The Morgan fingerprint density at radius 3 is 2.09 bits per heavy atom. The lowest BCUT2D eigenvalue weighted by Crippen LogP contribution is -2.17. The monoisotopic (exact) mass is 302 g/mol. The molecule has 1 aliphatic carbocycles. The quantitative estimate of drug-likeness (QED) is 0.585. The Morgan fingerprint density at radius 2 is 1.45 bits per heavy atom. The molecular weight excluding hydrogens is 276 g/mol. The first-order chi connectivity index (χ1) is 10.8. The number of para-hydroxylation sites is 1. The van der Waals surface area contributed by atoms with Crippen molar-refractivity contribution in [1.29, 1.82) is 0 Å². The summed E-state index contributed by atoms with van der Waals surface area (Å²) in [5.41, 5.74) is 0. The van der Waals surface area contributed by atoms with Gasteiger partial charge in [0.05, 0.1) is 6.42 Å². The third-order valence-electron chi connectivity index (χ3n) is 4.36. The van der Waals surface area contributed by atoms with E-state index in [9.17, 15) is 9.59 Å². The molecule has 0 aliphatic heterocycles. The highest BCUT2D eigenvalue weighted by molar-refractivity contribution is 5.85. The number of esters is 1. The van der Waals surface area contributed by atoms with E-state index in [1.165, 1.54) is 25.7 Å². The molecule has 120 valence electrons. The van der Waals surface area contributed by atoms with Gasteiger partial charge in [-0.2, -0.15) is 0 Å². The molecule has 1 aliphatic rings. The van der Waals surface area contributed by atoms with Crippen molar-refractivity contribution in [3.05, 3.63) is 30.3 Å². The average Bonchev–Trinajstić information content (AvgIpc) is 2.67. The molecule has 22 heavy (non-hydrogen) atoms. The van der Waals surface area contributed by atoms with E-state index in [4.69, 9.17) is 4.74 Å².